The van der Waals surface area contributed by atoms with Crippen LogP contribution in [0.5, 0.6) is 0 Å². The van der Waals surface area contributed by atoms with Crippen molar-refractivity contribution < 1.29 is 4.79 Å². The summed E-state index contributed by atoms with van der Waals surface area (Å²) in [5, 5.41) is 8.27. The minimum absolute atomic E-state index is 0.0643. The van der Waals surface area contributed by atoms with Gasteiger partial charge in [0.25, 0.3) is 0 Å². The molecule has 0 atom stereocenters. The van der Waals surface area contributed by atoms with Crippen molar-refractivity contribution in [2.45, 2.75) is 40.0 Å². The Balaban J connectivity index is 1.86. The lowest BCUT2D eigenvalue weighted by molar-refractivity contribution is -0.116. The van der Waals surface area contributed by atoms with Gasteiger partial charge in [-0.1, -0.05) is 24.7 Å². The standard InChI is InChI=1S/C17H20N4OS/c1-4-5-6-16(22)18-13-7-8-14-15(10-13)23-17(19-14)21-12(3)9-11(2)20-21/h7-10H,4-6H2,1-3H3,(H,18,22). The van der Waals surface area contributed by atoms with Crippen LogP contribution in [0, 0.1) is 13.8 Å². The highest BCUT2D eigenvalue weighted by molar-refractivity contribution is 7.20. The quantitative estimate of drug-likeness (QED) is 0.762. The van der Waals surface area contributed by atoms with Crippen molar-refractivity contribution in [3.05, 3.63) is 35.7 Å². The lowest BCUT2D eigenvalue weighted by Crippen LogP contribution is -2.10. The van der Waals surface area contributed by atoms with E-state index in [4.69, 9.17) is 0 Å². The predicted molar refractivity (Wildman–Crippen MR) is 94.4 cm³/mol. The fourth-order valence-corrected chi connectivity index (χ4v) is 3.48. The van der Waals surface area contributed by atoms with Crippen LogP contribution in [0.2, 0.25) is 0 Å². The molecular formula is C17H20N4OS. The molecule has 1 amide bonds. The number of rotatable bonds is 5. The lowest BCUT2D eigenvalue weighted by Gasteiger charge is -2.04. The molecule has 0 radical (unpaired) electrons. The summed E-state index contributed by atoms with van der Waals surface area (Å²) >= 11 is 1.58. The molecular weight excluding hydrogens is 308 g/mol. The van der Waals surface area contributed by atoms with Gasteiger partial charge in [0.1, 0.15) is 0 Å². The summed E-state index contributed by atoms with van der Waals surface area (Å²) in [5.74, 6) is 0.0643. The predicted octanol–water partition coefficient (Wildman–Crippen LogP) is 4.23. The second-order valence-corrected chi connectivity index (χ2v) is 6.68. The number of nitrogens with one attached hydrogen (secondary N) is 1. The molecule has 0 fully saturated rings. The number of hydrogen-bond acceptors (Lipinski definition) is 4. The van der Waals surface area contributed by atoms with E-state index >= 15 is 0 Å². The Hall–Kier alpha value is -2.21. The zero-order valence-electron chi connectivity index (χ0n) is 13.6. The number of amides is 1. The van der Waals surface area contributed by atoms with Crippen molar-refractivity contribution in [1.29, 1.82) is 0 Å². The minimum Gasteiger partial charge on any atom is -0.326 e. The van der Waals surface area contributed by atoms with Crippen molar-refractivity contribution in [3.8, 4) is 5.13 Å². The van der Waals surface area contributed by atoms with Gasteiger partial charge in [0, 0.05) is 17.8 Å². The van der Waals surface area contributed by atoms with Gasteiger partial charge in [0.2, 0.25) is 11.0 Å². The largest absolute Gasteiger partial charge is 0.326 e. The monoisotopic (exact) mass is 328 g/mol. The van der Waals surface area contributed by atoms with Crippen molar-refractivity contribution in [1.82, 2.24) is 14.8 Å². The Morgan fingerprint density at radius 3 is 2.83 bits per heavy atom. The van der Waals surface area contributed by atoms with Crippen molar-refractivity contribution in [2.75, 3.05) is 5.32 Å². The van der Waals surface area contributed by atoms with E-state index in [1.807, 2.05) is 42.8 Å². The maximum absolute atomic E-state index is 11.8. The molecule has 1 aromatic carbocycles. The van der Waals surface area contributed by atoms with E-state index in [1.54, 1.807) is 11.3 Å². The Morgan fingerprint density at radius 1 is 1.30 bits per heavy atom. The molecule has 0 spiro atoms. The summed E-state index contributed by atoms with van der Waals surface area (Å²) in [7, 11) is 0. The minimum atomic E-state index is 0.0643. The number of thiazole rings is 1. The molecule has 0 saturated heterocycles. The molecule has 23 heavy (non-hydrogen) atoms. The topological polar surface area (TPSA) is 59.8 Å². The summed E-state index contributed by atoms with van der Waals surface area (Å²) in [6.45, 7) is 6.07. The van der Waals surface area contributed by atoms with Crippen molar-refractivity contribution in [2.24, 2.45) is 0 Å². The van der Waals surface area contributed by atoms with Gasteiger partial charge in [0.05, 0.1) is 15.9 Å². The molecule has 2 aromatic heterocycles. The second kappa shape index (κ2) is 6.50. The van der Waals surface area contributed by atoms with Crippen molar-refractivity contribution >= 4 is 33.1 Å². The second-order valence-electron chi connectivity index (χ2n) is 5.67. The van der Waals surface area contributed by atoms with Gasteiger partial charge in [-0.2, -0.15) is 5.10 Å². The maximum atomic E-state index is 11.8. The number of anilines is 1. The van der Waals surface area contributed by atoms with Crippen LogP contribution in [0.25, 0.3) is 15.3 Å². The van der Waals surface area contributed by atoms with Gasteiger partial charge in [-0.25, -0.2) is 9.67 Å². The average molecular weight is 328 g/mol. The molecule has 0 bridgehead atoms. The molecule has 1 N–H and O–H groups in total. The van der Waals surface area contributed by atoms with Gasteiger partial charge in [-0.15, -0.1) is 0 Å². The number of unbranched alkanes of at least 4 members (excludes halogenated alkanes) is 1. The van der Waals surface area contributed by atoms with E-state index in [2.05, 4.69) is 22.3 Å². The molecule has 2 heterocycles. The van der Waals surface area contributed by atoms with E-state index in [-0.39, 0.29) is 5.91 Å². The zero-order chi connectivity index (χ0) is 16.4. The average Bonchev–Trinajstić information content (AvgIpc) is 3.07. The number of hydrogen-bond donors (Lipinski definition) is 1. The van der Waals surface area contributed by atoms with Crippen LogP contribution in [0.3, 0.4) is 0 Å². The molecule has 3 rings (SSSR count). The van der Waals surface area contributed by atoms with E-state index < -0.39 is 0 Å². The molecule has 5 nitrogen and oxygen atoms in total. The summed E-state index contributed by atoms with van der Waals surface area (Å²) in [5.41, 5.74) is 3.78. The number of fused-ring (bicyclic) bond motifs is 1. The summed E-state index contributed by atoms with van der Waals surface area (Å²) in [4.78, 5) is 16.5. The van der Waals surface area contributed by atoms with Crippen LogP contribution in [-0.2, 0) is 4.79 Å². The van der Waals surface area contributed by atoms with Crippen LogP contribution in [0.4, 0.5) is 5.69 Å². The number of carbonyl (C=O) groups excluding carboxylic acids is 1. The first-order valence-corrected chi connectivity index (χ1v) is 8.62. The van der Waals surface area contributed by atoms with Crippen molar-refractivity contribution in [3.63, 3.8) is 0 Å². The van der Waals surface area contributed by atoms with Gasteiger partial charge >= 0.3 is 0 Å². The molecule has 0 aliphatic rings. The van der Waals surface area contributed by atoms with Gasteiger partial charge < -0.3 is 5.32 Å². The van der Waals surface area contributed by atoms with E-state index in [0.717, 1.165) is 45.3 Å². The van der Waals surface area contributed by atoms with E-state index in [1.165, 1.54) is 0 Å². The molecule has 6 heteroatoms. The summed E-state index contributed by atoms with van der Waals surface area (Å²) < 4.78 is 2.90. The highest BCUT2D eigenvalue weighted by Gasteiger charge is 2.11. The summed E-state index contributed by atoms with van der Waals surface area (Å²) in [6.07, 6.45) is 2.50. The van der Waals surface area contributed by atoms with Gasteiger partial charge in [-0.3, -0.25) is 4.79 Å². The Morgan fingerprint density at radius 2 is 2.13 bits per heavy atom. The highest BCUT2D eigenvalue weighted by Crippen LogP contribution is 2.28. The fraction of sp³-hybridized carbons (Fsp3) is 0.353. The van der Waals surface area contributed by atoms with Gasteiger partial charge in [0.15, 0.2) is 0 Å². The highest BCUT2D eigenvalue weighted by atomic mass is 32.1. The third-order valence-corrected chi connectivity index (χ3v) is 4.60. The Kier molecular flexibility index (Phi) is 4.43. The Bertz CT molecular complexity index is 850. The van der Waals surface area contributed by atoms with Crippen LogP contribution in [0.15, 0.2) is 24.3 Å². The smallest absolute Gasteiger partial charge is 0.224 e. The molecule has 120 valence electrons. The normalized spacial score (nSPS) is 11.1. The molecule has 0 aliphatic carbocycles. The lowest BCUT2D eigenvalue weighted by atomic mass is 10.2. The molecule has 0 unspecified atom stereocenters. The Labute approximate surface area is 139 Å². The first-order valence-electron chi connectivity index (χ1n) is 7.81. The third-order valence-electron chi connectivity index (χ3n) is 3.61. The van der Waals surface area contributed by atoms with E-state index in [0.29, 0.717) is 6.42 Å². The molecule has 0 aliphatic heterocycles. The number of aryl methyl sites for hydroxylation is 2. The zero-order valence-corrected chi connectivity index (χ0v) is 14.4. The van der Waals surface area contributed by atoms with Crippen LogP contribution in [0.1, 0.15) is 37.6 Å². The van der Waals surface area contributed by atoms with Crippen LogP contribution in [-0.4, -0.2) is 20.7 Å². The number of aromatic nitrogens is 3. The first-order chi connectivity index (χ1) is 11.1. The SMILES string of the molecule is CCCCC(=O)Nc1ccc2nc(-n3nc(C)cc3C)sc2c1. The number of nitrogens with zero attached hydrogens (tertiary/aromatic N) is 3. The number of benzene rings is 1. The molecule has 0 saturated carbocycles. The van der Waals surface area contributed by atoms with Crippen LogP contribution < -0.4 is 5.32 Å². The number of carbonyl (C=O) groups is 1. The van der Waals surface area contributed by atoms with E-state index in [9.17, 15) is 4.79 Å². The maximum Gasteiger partial charge on any atom is 0.224 e. The fourth-order valence-electron chi connectivity index (χ4n) is 2.46. The first kappa shape index (κ1) is 15.7. The summed E-state index contributed by atoms with van der Waals surface area (Å²) in [6, 6.07) is 7.85. The van der Waals surface area contributed by atoms with Crippen LogP contribution >= 0.6 is 11.3 Å². The molecule has 3 aromatic rings. The van der Waals surface area contributed by atoms with Gasteiger partial charge in [-0.05, 0) is 44.5 Å². The third kappa shape index (κ3) is 3.42.